The number of Topliss-reactive ketones (excluding diaryl/α,β-unsaturated/α-hetero) is 1. The van der Waals surface area contributed by atoms with E-state index < -0.39 is 5.92 Å². The highest BCUT2D eigenvalue weighted by Gasteiger charge is 2.35. The number of thiazole rings is 1. The molecule has 0 spiro atoms. The number of methoxy groups -OCH3 is 2. The van der Waals surface area contributed by atoms with Gasteiger partial charge in [0.15, 0.2) is 22.4 Å². The number of benzene rings is 1. The maximum Gasteiger partial charge on any atom is 0.231 e. The number of ketones is 1. The summed E-state index contributed by atoms with van der Waals surface area (Å²) in [5.41, 5.74) is 0.950. The highest BCUT2D eigenvalue weighted by atomic mass is 32.1. The molecule has 0 radical (unpaired) electrons. The molecule has 2 aromatic rings. The summed E-state index contributed by atoms with van der Waals surface area (Å²) >= 11 is 1.18. The molecular weight excluding hydrogens is 370 g/mol. The van der Waals surface area contributed by atoms with Crippen molar-refractivity contribution in [2.45, 2.75) is 13.3 Å². The molecule has 1 aromatic heterocycles. The van der Waals surface area contributed by atoms with Crippen LogP contribution < -0.4 is 19.7 Å². The molecule has 2 heterocycles. The first kappa shape index (κ1) is 18.8. The summed E-state index contributed by atoms with van der Waals surface area (Å²) in [6, 6.07) is 5.17. The Morgan fingerprint density at radius 3 is 2.63 bits per heavy atom. The van der Waals surface area contributed by atoms with Gasteiger partial charge in [-0.2, -0.15) is 0 Å². The fraction of sp³-hybridized carbons (Fsp3) is 0.333. The number of hydrogen-bond donors (Lipinski definition) is 1. The molecule has 0 bridgehead atoms. The molecule has 3 rings (SSSR count). The van der Waals surface area contributed by atoms with Crippen LogP contribution >= 0.6 is 11.3 Å². The molecule has 8 nitrogen and oxygen atoms in total. The van der Waals surface area contributed by atoms with Gasteiger partial charge in [-0.05, 0) is 12.1 Å². The summed E-state index contributed by atoms with van der Waals surface area (Å²) in [4.78, 5) is 41.8. The summed E-state index contributed by atoms with van der Waals surface area (Å²) in [5, 5.41) is 4.63. The summed E-state index contributed by atoms with van der Waals surface area (Å²) in [5.74, 6) is -0.0399. The van der Waals surface area contributed by atoms with Gasteiger partial charge in [-0.3, -0.25) is 14.4 Å². The molecule has 1 aliphatic heterocycles. The molecule has 2 amide bonds. The predicted molar refractivity (Wildman–Crippen MR) is 101 cm³/mol. The van der Waals surface area contributed by atoms with Gasteiger partial charge in [-0.15, -0.1) is 11.3 Å². The molecule has 142 valence electrons. The SMILES string of the molecule is COc1ccc(N2C[C@H](C(=O)Nc3nc(C(C)=O)cs3)CC2=O)cc1OC. The van der Waals surface area contributed by atoms with E-state index in [0.29, 0.717) is 28.0 Å². The zero-order valence-corrected chi connectivity index (χ0v) is 16.0. The van der Waals surface area contributed by atoms with E-state index in [4.69, 9.17) is 9.47 Å². The summed E-state index contributed by atoms with van der Waals surface area (Å²) in [7, 11) is 3.06. The Morgan fingerprint density at radius 1 is 1.26 bits per heavy atom. The number of anilines is 2. The number of nitrogens with one attached hydrogen (secondary N) is 1. The fourth-order valence-electron chi connectivity index (χ4n) is 2.83. The van der Waals surface area contributed by atoms with E-state index in [9.17, 15) is 14.4 Å². The third-order valence-corrected chi connectivity index (χ3v) is 5.03. The Morgan fingerprint density at radius 2 is 2.00 bits per heavy atom. The Balaban J connectivity index is 1.71. The smallest absolute Gasteiger partial charge is 0.231 e. The van der Waals surface area contributed by atoms with Crippen molar-refractivity contribution in [3.63, 3.8) is 0 Å². The minimum absolute atomic E-state index is 0.102. The first-order chi connectivity index (χ1) is 12.9. The van der Waals surface area contributed by atoms with Crippen molar-refractivity contribution < 1.29 is 23.9 Å². The first-order valence-electron chi connectivity index (χ1n) is 8.22. The topological polar surface area (TPSA) is 97.8 Å². The van der Waals surface area contributed by atoms with Crippen LogP contribution in [0.25, 0.3) is 0 Å². The predicted octanol–water partition coefficient (Wildman–Crippen LogP) is 2.35. The second-order valence-corrected chi connectivity index (χ2v) is 6.89. The van der Waals surface area contributed by atoms with Crippen LogP contribution in [0.2, 0.25) is 0 Å². The second-order valence-electron chi connectivity index (χ2n) is 6.03. The molecule has 1 fully saturated rings. The zero-order valence-electron chi connectivity index (χ0n) is 15.1. The number of aromatic nitrogens is 1. The molecule has 1 atom stereocenters. The van der Waals surface area contributed by atoms with Gasteiger partial charge in [-0.1, -0.05) is 0 Å². The third kappa shape index (κ3) is 3.92. The van der Waals surface area contributed by atoms with Crippen molar-refractivity contribution in [2.75, 3.05) is 31.0 Å². The quantitative estimate of drug-likeness (QED) is 0.762. The van der Waals surface area contributed by atoms with Crippen molar-refractivity contribution in [1.82, 2.24) is 4.98 Å². The van der Waals surface area contributed by atoms with Gasteiger partial charge in [0.2, 0.25) is 11.8 Å². The Bertz CT molecular complexity index is 895. The molecule has 1 saturated heterocycles. The summed E-state index contributed by atoms with van der Waals surface area (Å²) in [6.45, 7) is 1.67. The molecule has 1 aromatic carbocycles. The fourth-order valence-corrected chi connectivity index (χ4v) is 3.58. The van der Waals surface area contributed by atoms with Crippen LogP contribution in [0, 0.1) is 5.92 Å². The van der Waals surface area contributed by atoms with Crippen molar-refractivity contribution in [3.8, 4) is 11.5 Å². The number of rotatable bonds is 6. The average molecular weight is 389 g/mol. The minimum atomic E-state index is -0.504. The van der Waals surface area contributed by atoms with Crippen molar-refractivity contribution >= 4 is 39.8 Å². The van der Waals surface area contributed by atoms with E-state index in [1.807, 2.05) is 0 Å². The number of amides is 2. The lowest BCUT2D eigenvalue weighted by atomic mass is 10.1. The Labute approximate surface area is 160 Å². The van der Waals surface area contributed by atoms with Crippen LogP contribution in [0.1, 0.15) is 23.8 Å². The van der Waals surface area contributed by atoms with Crippen molar-refractivity contribution in [1.29, 1.82) is 0 Å². The lowest BCUT2D eigenvalue weighted by Crippen LogP contribution is -2.28. The highest BCUT2D eigenvalue weighted by Crippen LogP contribution is 2.34. The van der Waals surface area contributed by atoms with Gasteiger partial charge in [0.1, 0.15) is 5.69 Å². The van der Waals surface area contributed by atoms with E-state index in [2.05, 4.69) is 10.3 Å². The molecule has 0 aliphatic carbocycles. The van der Waals surface area contributed by atoms with Crippen LogP contribution in [-0.4, -0.2) is 43.3 Å². The van der Waals surface area contributed by atoms with Crippen LogP contribution in [0.3, 0.4) is 0 Å². The van der Waals surface area contributed by atoms with E-state index in [1.165, 1.54) is 32.5 Å². The second kappa shape index (κ2) is 7.75. The molecule has 1 aliphatic rings. The van der Waals surface area contributed by atoms with Crippen LogP contribution in [0.15, 0.2) is 23.6 Å². The number of hydrogen-bond acceptors (Lipinski definition) is 7. The number of carbonyl (C=O) groups excluding carboxylic acids is 3. The van der Waals surface area contributed by atoms with E-state index in [-0.39, 0.29) is 30.6 Å². The molecule has 27 heavy (non-hydrogen) atoms. The van der Waals surface area contributed by atoms with Crippen LogP contribution in [0.4, 0.5) is 10.8 Å². The van der Waals surface area contributed by atoms with Gasteiger partial charge >= 0.3 is 0 Å². The maximum absolute atomic E-state index is 12.5. The average Bonchev–Trinajstić information content (AvgIpc) is 3.28. The zero-order chi connectivity index (χ0) is 19.6. The summed E-state index contributed by atoms with van der Waals surface area (Å²) < 4.78 is 10.5. The molecule has 9 heteroatoms. The van der Waals surface area contributed by atoms with Crippen molar-refractivity contribution in [3.05, 3.63) is 29.3 Å². The Hall–Kier alpha value is -2.94. The van der Waals surface area contributed by atoms with Gasteiger partial charge in [-0.25, -0.2) is 4.98 Å². The standard InChI is InChI=1S/C18H19N3O5S/c1-10(22)13-9-27-18(19-13)20-17(24)11-6-16(23)21(8-11)12-4-5-14(25-2)15(7-12)26-3/h4-5,7,9,11H,6,8H2,1-3H3,(H,19,20,24)/t11-/m1/s1. The van der Waals surface area contributed by atoms with E-state index in [0.717, 1.165) is 0 Å². The number of ether oxygens (including phenoxy) is 2. The van der Waals surface area contributed by atoms with Crippen LogP contribution in [-0.2, 0) is 9.59 Å². The maximum atomic E-state index is 12.5. The molecule has 1 N–H and O–H groups in total. The highest BCUT2D eigenvalue weighted by molar-refractivity contribution is 7.14. The van der Waals surface area contributed by atoms with Gasteiger partial charge in [0.25, 0.3) is 0 Å². The lowest BCUT2D eigenvalue weighted by Gasteiger charge is -2.18. The number of carbonyl (C=O) groups is 3. The molecule has 0 saturated carbocycles. The Kier molecular flexibility index (Phi) is 5.41. The van der Waals surface area contributed by atoms with Gasteiger partial charge in [0, 0.05) is 37.0 Å². The number of nitrogens with zero attached hydrogens (tertiary/aromatic N) is 2. The molecular formula is C18H19N3O5S. The largest absolute Gasteiger partial charge is 0.493 e. The van der Waals surface area contributed by atoms with Gasteiger partial charge < -0.3 is 19.7 Å². The first-order valence-corrected chi connectivity index (χ1v) is 9.10. The van der Waals surface area contributed by atoms with E-state index >= 15 is 0 Å². The normalized spacial score (nSPS) is 16.3. The van der Waals surface area contributed by atoms with Crippen LogP contribution in [0.5, 0.6) is 11.5 Å². The van der Waals surface area contributed by atoms with E-state index in [1.54, 1.807) is 28.5 Å². The minimum Gasteiger partial charge on any atom is -0.493 e. The third-order valence-electron chi connectivity index (χ3n) is 4.27. The summed E-state index contributed by atoms with van der Waals surface area (Å²) in [6.07, 6.45) is 0.102. The van der Waals surface area contributed by atoms with Gasteiger partial charge in [0.05, 0.1) is 20.1 Å². The monoisotopic (exact) mass is 389 g/mol. The molecule has 0 unspecified atom stereocenters. The lowest BCUT2D eigenvalue weighted by molar-refractivity contribution is -0.122. The van der Waals surface area contributed by atoms with Crippen molar-refractivity contribution in [2.24, 2.45) is 5.92 Å².